The molecule has 1 N–H and O–H groups in total. The summed E-state index contributed by atoms with van der Waals surface area (Å²) in [7, 11) is 0. The summed E-state index contributed by atoms with van der Waals surface area (Å²) >= 11 is 0. The summed E-state index contributed by atoms with van der Waals surface area (Å²) in [5.41, 5.74) is 0.603. The lowest BCUT2D eigenvalue weighted by molar-refractivity contribution is -0.130. The van der Waals surface area contributed by atoms with E-state index >= 15 is 0 Å². The second-order valence-corrected chi connectivity index (χ2v) is 6.21. The van der Waals surface area contributed by atoms with Gasteiger partial charge in [0.25, 0.3) is 0 Å². The van der Waals surface area contributed by atoms with Gasteiger partial charge >= 0.3 is 0 Å². The van der Waals surface area contributed by atoms with Gasteiger partial charge in [0.2, 0.25) is 11.8 Å². The lowest BCUT2D eigenvalue weighted by Gasteiger charge is -2.21. The summed E-state index contributed by atoms with van der Waals surface area (Å²) < 4.78 is 26.4. The van der Waals surface area contributed by atoms with E-state index in [-0.39, 0.29) is 49.5 Å². The summed E-state index contributed by atoms with van der Waals surface area (Å²) in [5.74, 6) is -0.958. The SMILES string of the molecule is Cl.N#C[C@@H]1C[C@H](F)CN1C(=O)CN[C@H]1CCN(c2ccc(F)cc2)C1=O. The maximum Gasteiger partial charge on any atom is 0.244 e. The molecule has 0 saturated carbocycles. The molecule has 0 unspecified atom stereocenters. The molecule has 3 rings (SSSR count). The first kappa shape index (κ1) is 20.1. The molecular weight excluding hydrogens is 366 g/mol. The van der Waals surface area contributed by atoms with E-state index in [1.54, 1.807) is 0 Å². The van der Waals surface area contributed by atoms with Crippen LogP contribution in [-0.4, -0.2) is 54.6 Å². The van der Waals surface area contributed by atoms with Crippen molar-refractivity contribution in [3.63, 3.8) is 0 Å². The van der Waals surface area contributed by atoms with Gasteiger partial charge in [-0.2, -0.15) is 5.26 Å². The number of carbonyl (C=O) groups excluding carboxylic acids is 2. The average molecular weight is 385 g/mol. The Kier molecular flexibility index (Phi) is 6.51. The van der Waals surface area contributed by atoms with Crippen LogP contribution in [0.4, 0.5) is 14.5 Å². The largest absolute Gasteiger partial charge is 0.323 e. The predicted octanol–water partition coefficient (Wildman–Crippen LogP) is 1.40. The summed E-state index contributed by atoms with van der Waals surface area (Å²) in [6.45, 7) is 0.255. The van der Waals surface area contributed by atoms with Gasteiger partial charge in [0.05, 0.1) is 25.2 Å². The van der Waals surface area contributed by atoms with E-state index in [1.165, 1.54) is 34.1 Å². The molecule has 0 aliphatic carbocycles. The highest BCUT2D eigenvalue weighted by molar-refractivity contribution is 5.99. The fourth-order valence-electron chi connectivity index (χ4n) is 3.24. The summed E-state index contributed by atoms with van der Waals surface area (Å²) in [6, 6.07) is 6.28. The number of carbonyl (C=O) groups is 2. The highest BCUT2D eigenvalue weighted by Gasteiger charge is 2.37. The van der Waals surface area contributed by atoms with Crippen molar-refractivity contribution >= 4 is 29.9 Å². The molecule has 0 bridgehead atoms. The molecule has 2 aliphatic heterocycles. The van der Waals surface area contributed by atoms with Gasteiger partial charge in [0.15, 0.2) is 0 Å². The number of hydrogen-bond donors (Lipinski definition) is 1. The molecule has 2 amide bonds. The smallest absolute Gasteiger partial charge is 0.244 e. The molecule has 3 atom stereocenters. The number of hydrogen-bond acceptors (Lipinski definition) is 4. The van der Waals surface area contributed by atoms with Crippen LogP contribution in [0, 0.1) is 17.1 Å². The lowest BCUT2D eigenvalue weighted by Crippen LogP contribution is -2.46. The van der Waals surface area contributed by atoms with Gasteiger partial charge in [-0.05, 0) is 30.7 Å². The zero-order valence-electron chi connectivity index (χ0n) is 13.9. The number of rotatable bonds is 4. The van der Waals surface area contributed by atoms with Crippen LogP contribution in [-0.2, 0) is 9.59 Å². The van der Waals surface area contributed by atoms with Crippen LogP contribution in [0.1, 0.15) is 12.8 Å². The summed E-state index contributed by atoms with van der Waals surface area (Å²) in [5, 5.41) is 11.9. The molecular formula is C17H19ClF2N4O2. The van der Waals surface area contributed by atoms with Gasteiger partial charge in [-0.3, -0.25) is 14.9 Å². The van der Waals surface area contributed by atoms with Crippen molar-refractivity contribution in [2.24, 2.45) is 0 Å². The van der Waals surface area contributed by atoms with Crippen LogP contribution >= 0.6 is 12.4 Å². The Bertz CT molecular complexity index is 710. The second-order valence-electron chi connectivity index (χ2n) is 6.21. The molecule has 140 valence electrons. The van der Waals surface area contributed by atoms with E-state index in [0.717, 1.165) is 0 Å². The van der Waals surface area contributed by atoms with Crippen LogP contribution in [0.2, 0.25) is 0 Å². The minimum absolute atomic E-state index is 0. The minimum atomic E-state index is -1.18. The Morgan fingerprint density at radius 3 is 2.69 bits per heavy atom. The molecule has 2 heterocycles. The maximum atomic E-state index is 13.4. The third kappa shape index (κ3) is 4.11. The minimum Gasteiger partial charge on any atom is -0.323 e. The quantitative estimate of drug-likeness (QED) is 0.851. The van der Waals surface area contributed by atoms with Gasteiger partial charge in [0.1, 0.15) is 18.0 Å². The fourth-order valence-corrected chi connectivity index (χ4v) is 3.24. The van der Waals surface area contributed by atoms with Crippen molar-refractivity contribution in [2.75, 3.05) is 24.5 Å². The van der Waals surface area contributed by atoms with Crippen LogP contribution in [0.5, 0.6) is 0 Å². The maximum absolute atomic E-state index is 13.4. The molecule has 0 radical (unpaired) electrons. The second kappa shape index (κ2) is 8.43. The van der Waals surface area contributed by atoms with Crippen molar-refractivity contribution in [2.45, 2.75) is 31.1 Å². The van der Waals surface area contributed by atoms with Crippen molar-refractivity contribution in [1.29, 1.82) is 5.26 Å². The lowest BCUT2D eigenvalue weighted by atomic mass is 10.2. The van der Waals surface area contributed by atoms with Crippen LogP contribution < -0.4 is 10.2 Å². The van der Waals surface area contributed by atoms with Crippen molar-refractivity contribution in [3.05, 3.63) is 30.1 Å². The first-order chi connectivity index (χ1) is 12.0. The van der Waals surface area contributed by atoms with Crippen LogP contribution in [0.25, 0.3) is 0 Å². The topological polar surface area (TPSA) is 76.4 Å². The average Bonchev–Trinajstić information content (AvgIpc) is 3.16. The molecule has 9 heteroatoms. The zero-order valence-corrected chi connectivity index (χ0v) is 14.7. The first-order valence-electron chi connectivity index (χ1n) is 8.13. The number of alkyl halides is 1. The number of amides is 2. The predicted molar refractivity (Wildman–Crippen MR) is 93.0 cm³/mol. The molecule has 1 aromatic rings. The number of likely N-dealkylation sites (tertiary alicyclic amines) is 1. The third-order valence-electron chi connectivity index (χ3n) is 4.56. The van der Waals surface area contributed by atoms with E-state index in [0.29, 0.717) is 18.7 Å². The molecule has 6 nitrogen and oxygen atoms in total. The Morgan fingerprint density at radius 1 is 1.35 bits per heavy atom. The number of nitrogens with one attached hydrogen (secondary N) is 1. The summed E-state index contributed by atoms with van der Waals surface area (Å²) in [4.78, 5) is 27.4. The Hall–Kier alpha value is -2.24. The molecule has 1 aromatic carbocycles. The van der Waals surface area contributed by atoms with Gasteiger partial charge < -0.3 is 9.80 Å². The summed E-state index contributed by atoms with van der Waals surface area (Å²) in [6.07, 6.45) is -0.643. The van der Waals surface area contributed by atoms with Gasteiger partial charge in [-0.15, -0.1) is 12.4 Å². The van der Waals surface area contributed by atoms with Gasteiger partial charge in [-0.25, -0.2) is 8.78 Å². The fraction of sp³-hybridized carbons (Fsp3) is 0.471. The number of anilines is 1. The van der Waals surface area contributed by atoms with Crippen molar-refractivity contribution in [3.8, 4) is 6.07 Å². The molecule has 2 aliphatic rings. The van der Waals surface area contributed by atoms with Crippen LogP contribution in [0.15, 0.2) is 24.3 Å². The van der Waals surface area contributed by atoms with Crippen LogP contribution in [0.3, 0.4) is 0 Å². The number of benzene rings is 1. The Morgan fingerprint density at radius 2 is 2.04 bits per heavy atom. The first-order valence-corrected chi connectivity index (χ1v) is 8.13. The number of halogens is 3. The Labute approximate surface area is 156 Å². The molecule has 0 spiro atoms. The molecule has 2 fully saturated rings. The molecule has 0 aromatic heterocycles. The van der Waals surface area contributed by atoms with E-state index in [1.807, 2.05) is 6.07 Å². The number of nitrogens with zero attached hydrogens (tertiary/aromatic N) is 3. The monoisotopic (exact) mass is 384 g/mol. The van der Waals surface area contributed by atoms with Gasteiger partial charge in [0, 0.05) is 18.7 Å². The van der Waals surface area contributed by atoms with Crippen molar-refractivity contribution < 1.29 is 18.4 Å². The highest BCUT2D eigenvalue weighted by Crippen LogP contribution is 2.22. The van der Waals surface area contributed by atoms with E-state index in [4.69, 9.17) is 5.26 Å². The third-order valence-corrected chi connectivity index (χ3v) is 4.56. The highest BCUT2D eigenvalue weighted by atomic mass is 35.5. The molecule has 26 heavy (non-hydrogen) atoms. The van der Waals surface area contributed by atoms with E-state index in [9.17, 15) is 18.4 Å². The molecule has 2 saturated heterocycles. The van der Waals surface area contributed by atoms with E-state index < -0.39 is 18.3 Å². The normalized spacial score (nSPS) is 25.1. The number of nitriles is 1. The van der Waals surface area contributed by atoms with Gasteiger partial charge in [-0.1, -0.05) is 0 Å². The van der Waals surface area contributed by atoms with E-state index in [2.05, 4.69) is 5.32 Å². The Balaban J connectivity index is 0.00000243. The standard InChI is InChI=1S/C17H18F2N4O2.ClH/c18-11-1-3-13(4-2-11)22-6-5-15(17(22)25)21-9-16(24)23-10-12(19)7-14(23)8-20;/h1-4,12,14-15,21H,5-7,9-10H2;1H/t12-,14-,15-;/m0./s1. The zero-order chi connectivity index (χ0) is 18.0. The van der Waals surface area contributed by atoms with Crippen molar-refractivity contribution in [1.82, 2.24) is 10.2 Å².